The highest BCUT2D eigenvalue weighted by Crippen LogP contribution is 2.34. The molecule has 0 fully saturated rings. The van der Waals surface area contributed by atoms with Gasteiger partial charge in [0.05, 0.1) is 17.6 Å². The zero-order valence-corrected chi connectivity index (χ0v) is 10.1. The summed E-state index contributed by atoms with van der Waals surface area (Å²) in [6.45, 7) is 0.539. The van der Waals surface area contributed by atoms with Gasteiger partial charge in [0.1, 0.15) is 7.85 Å². The summed E-state index contributed by atoms with van der Waals surface area (Å²) in [6, 6.07) is 1.25. The van der Waals surface area contributed by atoms with E-state index in [4.69, 9.17) is 12.6 Å². The number of amides is 1. The lowest BCUT2D eigenvalue weighted by Crippen LogP contribution is -2.37. The Morgan fingerprint density at radius 3 is 2.78 bits per heavy atom. The second kappa shape index (κ2) is 4.32. The third kappa shape index (κ3) is 1.71. The van der Waals surface area contributed by atoms with Crippen molar-refractivity contribution in [1.82, 2.24) is 4.90 Å². The van der Waals surface area contributed by atoms with Crippen molar-refractivity contribution in [2.75, 3.05) is 20.7 Å². The van der Waals surface area contributed by atoms with Gasteiger partial charge in [-0.1, -0.05) is 5.46 Å². The van der Waals surface area contributed by atoms with Crippen molar-refractivity contribution in [2.45, 2.75) is 6.42 Å². The van der Waals surface area contributed by atoms with Crippen molar-refractivity contribution in [3.05, 3.63) is 27.3 Å². The molecule has 1 aliphatic rings. The van der Waals surface area contributed by atoms with Gasteiger partial charge in [0.25, 0.3) is 5.91 Å². The zero-order valence-electron chi connectivity index (χ0n) is 10.1. The maximum Gasteiger partial charge on any atom is 0.311 e. The van der Waals surface area contributed by atoms with Crippen LogP contribution in [0.15, 0.2) is 6.07 Å². The molecular weight excluding hydrogens is 235 g/mol. The van der Waals surface area contributed by atoms with E-state index in [0.717, 1.165) is 0 Å². The van der Waals surface area contributed by atoms with Crippen LogP contribution in [0.25, 0.3) is 0 Å². The largest absolute Gasteiger partial charge is 0.490 e. The number of hydrogen-bond acceptors (Lipinski definition) is 4. The number of likely N-dealkylation sites (N-methyl/N-ethyl adjacent to an activating group) is 1. The maximum atomic E-state index is 12.1. The number of carbonyl (C=O) groups is 1. The van der Waals surface area contributed by atoms with Gasteiger partial charge in [-0.3, -0.25) is 14.9 Å². The molecule has 92 valence electrons. The highest BCUT2D eigenvalue weighted by Gasteiger charge is 2.32. The number of fused-ring (bicyclic) bond motifs is 1. The molecule has 18 heavy (non-hydrogen) atoms. The number of nitrogens with zero attached hydrogens (tertiary/aromatic N) is 2. The Bertz CT molecular complexity index is 544. The fourth-order valence-corrected chi connectivity index (χ4v) is 2.12. The minimum atomic E-state index is -0.600. The van der Waals surface area contributed by atoms with Crippen LogP contribution in [0, 0.1) is 10.1 Å². The zero-order chi connectivity index (χ0) is 13.4. The molecule has 1 heterocycles. The number of methoxy groups -OCH3 is 1. The van der Waals surface area contributed by atoms with Gasteiger partial charge in [-0.05, 0) is 12.0 Å². The summed E-state index contributed by atoms with van der Waals surface area (Å²) in [5.74, 6) is -0.316. The van der Waals surface area contributed by atoms with Gasteiger partial charge >= 0.3 is 5.69 Å². The SMILES string of the molecule is [B]c1cc([N+](=O)[O-])c(OC)c2c1CCN(C)C2=O. The molecule has 0 spiro atoms. The third-order valence-corrected chi connectivity index (χ3v) is 3.06. The predicted octanol–water partition coefficient (Wildman–Crippen LogP) is 0.0253. The summed E-state index contributed by atoms with van der Waals surface area (Å²) < 4.78 is 5.03. The van der Waals surface area contributed by atoms with Crippen molar-refractivity contribution in [3.8, 4) is 5.75 Å². The molecule has 7 heteroatoms. The Kier molecular flexibility index (Phi) is 2.98. The monoisotopic (exact) mass is 246 g/mol. The predicted molar refractivity (Wildman–Crippen MR) is 65.7 cm³/mol. The molecule has 0 saturated heterocycles. The first-order valence-corrected chi connectivity index (χ1v) is 5.36. The number of hydrogen-bond donors (Lipinski definition) is 0. The minimum absolute atomic E-state index is 0.0132. The lowest BCUT2D eigenvalue weighted by molar-refractivity contribution is -0.385. The van der Waals surface area contributed by atoms with E-state index in [1.807, 2.05) is 0 Å². The maximum absolute atomic E-state index is 12.1. The molecule has 6 nitrogen and oxygen atoms in total. The molecule has 2 radical (unpaired) electrons. The quantitative estimate of drug-likeness (QED) is 0.419. The highest BCUT2D eigenvalue weighted by molar-refractivity contribution is 6.34. The van der Waals surface area contributed by atoms with Crippen molar-refractivity contribution in [3.63, 3.8) is 0 Å². The summed E-state index contributed by atoms with van der Waals surface area (Å²) in [4.78, 5) is 23.9. The van der Waals surface area contributed by atoms with E-state index in [0.29, 0.717) is 18.5 Å². The summed E-state index contributed by atoms with van der Waals surface area (Å²) in [7, 11) is 8.73. The van der Waals surface area contributed by atoms with Gasteiger partial charge < -0.3 is 9.64 Å². The van der Waals surface area contributed by atoms with Gasteiger partial charge in [-0.2, -0.15) is 0 Å². The first-order valence-electron chi connectivity index (χ1n) is 5.36. The molecule has 0 aromatic heterocycles. The molecule has 0 atom stereocenters. The van der Waals surface area contributed by atoms with E-state index in [9.17, 15) is 14.9 Å². The Hall–Kier alpha value is -2.05. The van der Waals surface area contributed by atoms with Gasteiger partial charge in [-0.15, -0.1) is 0 Å². The molecule has 1 aliphatic heterocycles. The van der Waals surface area contributed by atoms with Gasteiger partial charge in [0.15, 0.2) is 0 Å². The molecule has 1 amide bonds. The van der Waals surface area contributed by atoms with E-state index >= 15 is 0 Å². The normalized spacial score (nSPS) is 14.3. The summed E-state index contributed by atoms with van der Waals surface area (Å²) in [5.41, 5.74) is 0.815. The fraction of sp³-hybridized carbons (Fsp3) is 0.364. The van der Waals surface area contributed by atoms with Crippen LogP contribution in [0.1, 0.15) is 15.9 Å². The molecule has 0 bridgehead atoms. The van der Waals surface area contributed by atoms with E-state index in [-0.39, 0.29) is 28.4 Å². The van der Waals surface area contributed by atoms with E-state index in [2.05, 4.69) is 0 Å². The molecule has 1 aromatic rings. The van der Waals surface area contributed by atoms with Crippen LogP contribution in [-0.4, -0.2) is 44.3 Å². The molecule has 1 aromatic carbocycles. The smallest absolute Gasteiger partial charge is 0.311 e. The standard InChI is InChI=1S/C11H11BN2O4/c1-13-4-3-6-7(12)5-8(14(16)17)10(18-2)9(6)11(13)15/h5H,3-4H2,1-2H3. The van der Waals surface area contributed by atoms with Crippen molar-refractivity contribution in [2.24, 2.45) is 0 Å². The Balaban J connectivity index is 2.76. The molecular formula is C11H11BN2O4. The lowest BCUT2D eigenvalue weighted by atomic mass is 9.83. The minimum Gasteiger partial charge on any atom is -0.490 e. The van der Waals surface area contributed by atoms with Crippen LogP contribution in [0.5, 0.6) is 5.75 Å². The molecule has 0 saturated carbocycles. The lowest BCUT2D eigenvalue weighted by Gasteiger charge is -2.27. The molecule has 0 N–H and O–H groups in total. The van der Waals surface area contributed by atoms with Crippen LogP contribution in [0.2, 0.25) is 0 Å². The summed E-state index contributed by atoms with van der Waals surface area (Å²) >= 11 is 0. The second-order valence-electron chi connectivity index (χ2n) is 4.11. The van der Waals surface area contributed by atoms with Crippen LogP contribution >= 0.6 is 0 Å². The van der Waals surface area contributed by atoms with Crippen LogP contribution < -0.4 is 10.2 Å². The number of rotatable bonds is 2. The topological polar surface area (TPSA) is 72.7 Å². The summed E-state index contributed by atoms with van der Waals surface area (Å²) in [6.07, 6.45) is 0.567. The van der Waals surface area contributed by atoms with E-state index in [1.165, 1.54) is 18.1 Å². The Morgan fingerprint density at radius 1 is 1.56 bits per heavy atom. The number of carbonyl (C=O) groups excluding carboxylic acids is 1. The first kappa shape index (κ1) is 12.4. The fourth-order valence-electron chi connectivity index (χ4n) is 2.12. The van der Waals surface area contributed by atoms with Crippen molar-refractivity contribution in [1.29, 1.82) is 0 Å². The number of ether oxygens (including phenoxy) is 1. The van der Waals surface area contributed by atoms with E-state index < -0.39 is 4.92 Å². The molecule has 2 rings (SSSR count). The number of nitro benzene ring substituents is 1. The molecule has 0 unspecified atom stereocenters. The number of nitro groups is 1. The van der Waals surface area contributed by atoms with E-state index in [1.54, 1.807) is 7.05 Å². The van der Waals surface area contributed by atoms with Crippen molar-refractivity contribution >= 4 is 24.9 Å². The average Bonchev–Trinajstić information content (AvgIpc) is 2.33. The van der Waals surface area contributed by atoms with Gasteiger partial charge in [0.2, 0.25) is 5.75 Å². The third-order valence-electron chi connectivity index (χ3n) is 3.06. The molecule has 0 aliphatic carbocycles. The van der Waals surface area contributed by atoms with Crippen LogP contribution in [0.4, 0.5) is 5.69 Å². The van der Waals surface area contributed by atoms with Crippen molar-refractivity contribution < 1.29 is 14.5 Å². The summed E-state index contributed by atoms with van der Waals surface area (Å²) in [5, 5.41) is 11.0. The van der Waals surface area contributed by atoms with Gasteiger partial charge in [0, 0.05) is 19.7 Å². The Labute approximate surface area is 105 Å². The van der Waals surface area contributed by atoms with Crippen LogP contribution in [0.3, 0.4) is 0 Å². The highest BCUT2D eigenvalue weighted by atomic mass is 16.6. The second-order valence-corrected chi connectivity index (χ2v) is 4.11. The van der Waals surface area contributed by atoms with Gasteiger partial charge in [-0.25, -0.2) is 0 Å². The average molecular weight is 246 g/mol. The van der Waals surface area contributed by atoms with Crippen LogP contribution in [-0.2, 0) is 6.42 Å². The number of benzene rings is 1. The first-order chi connectivity index (χ1) is 8.47. The Morgan fingerprint density at radius 2 is 2.22 bits per heavy atom.